The molecular weight excluding hydrogens is 394 g/mol. The molecule has 0 amide bonds. The highest BCUT2D eigenvalue weighted by Crippen LogP contribution is 2.33. The fourth-order valence-electron chi connectivity index (χ4n) is 3.74. The molecule has 0 saturated carbocycles. The molecule has 3 rings (SSSR count). The summed E-state index contributed by atoms with van der Waals surface area (Å²) in [5.74, 6) is 1.25. The zero-order valence-corrected chi connectivity index (χ0v) is 19.3. The zero-order chi connectivity index (χ0) is 21.7. The quantitative estimate of drug-likeness (QED) is 0.430. The van der Waals surface area contributed by atoms with Crippen LogP contribution < -0.4 is 0 Å². The molecule has 0 aliphatic heterocycles. The van der Waals surface area contributed by atoms with Gasteiger partial charge in [-0.2, -0.15) is 0 Å². The Kier molecular flexibility index (Phi) is 7.27. The maximum absolute atomic E-state index is 6.12. The smallest absolute Gasteiger partial charge is 0.169 e. The van der Waals surface area contributed by atoms with Crippen molar-refractivity contribution in [2.45, 2.75) is 65.7 Å². The summed E-state index contributed by atoms with van der Waals surface area (Å²) >= 11 is 6.12. The van der Waals surface area contributed by atoms with Crippen LogP contribution in [0.3, 0.4) is 0 Å². The Labute approximate surface area is 185 Å². The first-order chi connectivity index (χ1) is 14.3. The van der Waals surface area contributed by atoms with Crippen LogP contribution in [0.25, 0.3) is 0 Å². The standard InChI is InChI=1S/C24H32ClN5/c1-6-24(4,5)30-23(26-27-28-30)22(18(2)3)29(16-19-10-8-7-9-11-19)17-20-12-14-21(25)15-13-20/h7-15,18,22H,6,16-17H2,1-5H3/t22-/m0/s1. The number of hydrogen-bond acceptors (Lipinski definition) is 4. The van der Waals surface area contributed by atoms with Crippen molar-refractivity contribution in [1.82, 2.24) is 25.1 Å². The summed E-state index contributed by atoms with van der Waals surface area (Å²) in [6, 6.07) is 18.7. The second kappa shape index (κ2) is 9.71. The molecule has 0 aliphatic rings. The van der Waals surface area contributed by atoms with Crippen LogP contribution in [0.15, 0.2) is 54.6 Å². The lowest BCUT2D eigenvalue weighted by Crippen LogP contribution is -2.37. The third-order valence-corrected chi connectivity index (χ3v) is 6.00. The molecule has 1 heterocycles. The maximum Gasteiger partial charge on any atom is 0.169 e. The van der Waals surface area contributed by atoms with Crippen molar-refractivity contribution in [1.29, 1.82) is 0 Å². The SMILES string of the molecule is CCC(C)(C)n1nnnc1[C@H](C(C)C)N(Cc1ccccc1)Cc1ccc(Cl)cc1. The summed E-state index contributed by atoms with van der Waals surface area (Å²) in [5.41, 5.74) is 2.34. The van der Waals surface area contributed by atoms with Gasteiger partial charge in [0.15, 0.2) is 5.82 Å². The number of hydrogen-bond donors (Lipinski definition) is 0. The van der Waals surface area contributed by atoms with Gasteiger partial charge in [-0.15, -0.1) is 5.10 Å². The van der Waals surface area contributed by atoms with Gasteiger partial charge < -0.3 is 0 Å². The molecule has 0 N–H and O–H groups in total. The number of rotatable bonds is 9. The summed E-state index contributed by atoms with van der Waals surface area (Å²) < 4.78 is 2.01. The minimum atomic E-state index is -0.148. The molecule has 30 heavy (non-hydrogen) atoms. The predicted molar refractivity (Wildman–Crippen MR) is 122 cm³/mol. The number of tetrazole rings is 1. The van der Waals surface area contributed by atoms with Gasteiger partial charge in [-0.3, -0.25) is 4.90 Å². The monoisotopic (exact) mass is 425 g/mol. The first-order valence-electron chi connectivity index (χ1n) is 10.6. The Bertz CT molecular complexity index is 918. The van der Waals surface area contributed by atoms with Gasteiger partial charge in [-0.1, -0.05) is 74.8 Å². The molecule has 0 radical (unpaired) electrons. The number of halogens is 1. The van der Waals surface area contributed by atoms with Crippen molar-refractivity contribution in [2.75, 3.05) is 0 Å². The normalized spacial score (nSPS) is 13.2. The first-order valence-corrected chi connectivity index (χ1v) is 11.0. The third kappa shape index (κ3) is 5.27. The lowest BCUT2D eigenvalue weighted by molar-refractivity contribution is 0.118. The van der Waals surface area contributed by atoms with Gasteiger partial charge in [0.25, 0.3) is 0 Å². The fourth-order valence-corrected chi connectivity index (χ4v) is 3.86. The van der Waals surface area contributed by atoms with E-state index in [4.69, 9.17) is 11.6 Å². The molecule has 2 aromatic carbocycles. The van der Waals surface area contributed by atoms with E-state index in [1.807, 2.05) is 16.8 Å². The molecule has 5 nitrogen and oxygen atoms in total. The molecular formula is C24H32ClN5. The molecule has 0 aliphatic carbocycles. The Morgan fingerprint density at radius 3 is 2.13 bits per heavy atom. The van der Waals surface area contributed by atoms with E-state index in [0.717, 1.165) is 30.4 Å². The number of benzene rings is 2. The summed E-state index contributed by atoms with van der Waals surface area (Å²) in [6.45, 7) is 12.6. The van der Waals surface area contributed by atoms with Gasteiger partial charge in [0.05, 0.1) is 11.6 Å². The second-order valence-corrected chi connectivity index (χ2v) is 9.26. The predicted octanol–water partition coefficient (Wildman–Crippen LogP) is 5.87. The van der Waals surface area contributed by atoms with Crippen molar-refractivity contribution in [2.24, 2.45) is 5.92 Å². The number of nitrogens with zero attached hydrogens (tertiary/aromatic N) is 5. The van der Waals surface area contributed by atoms with E-state index in [9.17, 15) is 0 Å². The second-order valence-electron chi connectivity index (χ2n) is 8.82. The van der Waals surface area contributed by atoms with Gasteiger partial charge in [0, 0.05) is 18.1 Å². The highest BCUT2D eigenvalue weighted by atomic mass is 35.5. The van der Waals surface area contributed by atoms with Crippen molar-refractivity contribution >= 4 is 11.6 Å². The van der Waals surface area contributed by atoms with E-state index in [0.29, 0.717) is 5.92 Å². The van der Waals surface area contributed by atoms with Gasteiger partial charge in [-0.05, 0) is 59.9 Å². The number of aromatic nitrogens is 4. The summed E-state index contributed by atoms with van der Waals surface area (Å²) in [7, 11) is 0. The average Bonchev–Trinajstić information content (AvgIpc) is 3.20. The van der Waals surface area contributed by atoms with Crippen LogP contribution in [-0.4, -0.2) is 25.1 Å². The Hall–Kier alpha value is -2.24. The molecule has 6 heteroatoms. The minimum absolute atomic E-state index is 0.0710. The van der Waals surface area contributed by atoms with Gasteiger partial charge >= 0.3 is 0 Å². The molecule has 0 saturated heterocycles. The first kappa shape index (κ1) is 22.4. The van der Waals surface area contributed by atoms with Crippen LogP contribution in [0.5, 0.6) is 0 Å². The van der Waals surface area contributed by atoms with E-state index in [1.165, 1.54) is 11.1 Å². The van der Waals surface area contributed by atoms with Crippen LogP contribution in [0.1, 0.15) is 64.0 Å². The molecule has 1 aromatic heterocycles. The Morgan fingerprint density at radius 2 is 1.57 bits per heavy atom. The van der Waals surface area contributed by atoms with Gasteiger partial charge in [0.1, 0.15) is 0 Å². The van der Waals surface area contributed by atoms with Crippen LogP contribution >= 0.6 is 11.6 Å². The molecule has 1 atom stereocenters. The summed E-state index contributed by atoms with van der Waals surface area (Å²) in [6.07, 6.45) is 0.950. The van der Waals surface area contributed by atoms with Crippen molar-refractivity contribution < 1.29 is 0 Å². The van der Waals surface area contributed by atoms with Crippen molar-refractivity contribution in [3.05, 3.63) is 76.6 Å². The van der Waals surface area contributed by atoms with E-state index in [2.05, 4.69) is 97.5 Å². The molecule has 0 spiro atoms. The third-order valence-electron chi connectivity index (χ3n) is 5.75. The minimum Gasteiger partial charge on any atom is -0.285 e. The van der Waals surface area contributed by atoms with Gasteiger partial charge in [0.2, 0.25) is 0 Å². The van der Waals surface area contributed by atoms with E-state index in [1.54, 1.807) is 0 Å². The van der Waals surface area contributed by atoms with Crippen LogP contribution in [0.2, 0.25) is 5.02 Å². The molecule has 160 valence electrons. The van der Waals surface area contributed by atoms with Crippen LogP contribution in [0.4, 0.5) is 0 Å². The van der Waals surface area contributed by atoms with E-state index < -0.39 is 0 Å². The lowest BCUT2D eigenvalue weighted by atomic mass is 9.97. The lowest BCUT2D eigenvalue weighted by Gasteiger charge is -2.36. The van der Waals surface area contributed by atoms with E-state index in [-0.39, 0.29) is 11.6 Å². The topological polar surface area (TPSA) is 46.8 Å². The van der Waals surface area contributed by atoms with E-state index >= 15 is 0 Å². The average molecular weight is 426 g/mol. The molecule has 3 aromatic rings. The molecule has 0 fully saturated rings. The Balaban J connectivity index is 2.02. The molecule has 0 bridgehead atoms. The fraction of sp³-hybridized carbons (Fsp3) is 0.458. The summed E-state index contributed by atoms with van der Waals surface area (Å²) in [5, 5.41) is 13.7. The van der Waals surface area contributed by atoms with Crippen molar-refractivity contribution in [3.8, 4) is 0 Å². The molecule has 0 unspecified atom stereocenters. The summed E-state index contributed by atoms with van der Waals surface area (Å²) in [4.78, 5) is 2.47. The van der Waals surface area contributed by atoms with Crippen LogP contribution in [-0.2, 0) is 18.6 Å². The Morgan fingerprint density at radius 1 is 0.967 bits per heavy atom. The van der Waals surface area contributed by atoms with Crippen molar-refractivity contribution in [3.63, 3.8) is 0 Å². The highest BCUT2D eigenvalue weighted by Gasteiger charge is 2.33. The van der Waals surface area contributed by atoms with Gasteiger partial charge in [-0.25, -0.2) is 4.68 Å². The zero-order valence-electron chi connectivity index (χ0n) is 18.6. The maximum atomic E-state index is 6.12. The van der Waals surface area contributed by atoms with Crippen LogP contribution in [0, 0.1) is 5.92 Å². The highest BCUT2D eigenvalue weighted by molar-refractivity contribution is 6.30. The largest absolute Gasteiger partial charge is 0.285 e.